The van der Waals surface area contributed by atoms with Crippen molar-refractivity contribution in [3.05, 3.63) is 23.8 Å². The first-order chi connectivity index (χ1) is 4.84. The number of aromatic nitrogens is 2. The van der Waals surface area contributed by atoms with Crippen LogP contribution in [0.2, 0.25) is 0 Å². The van der Waals surface area contributed by atoms with Crippen LogP contribution in [0.1, 0.15) is 11.4 Å². The molecule has 0 saturated carbocycles. The van der Waals surface area contributed by atoms with Crippen LogP contribution in [0.25, 0.3) is 6.08 Å². The summed E-state index contributed by atoms with van der Waals surface area (Å²) in [5.74, 6) is 0. The van der Waals surface area contributed by atoms with Gasteiger partial charge in [0, 0.05) is 12.2 Å². The predicted molar refractivity (Wildman–Crippen MR) is 41.4 cm³/mol. The van der Waals surface area contributed by atoms with Gasteiger partial charge in [0.2, 0.25) is 0 Å². The van der Waals surface area contributed by atoms with Crippen molar-refractivity contribution in [3.8, 4) is 0 Å². The third-order valence-electron chi connectivity index (χ3n) is 1.28. The zero-order valence-corrected chi connectivity index (χ0v) is 5.96. The summed E-state index contributed by atoms with van der Waals surface area (Å²) >= 11 is 0. The number of H-pyrrole nitrogens is 1. The van der Waals surface area contributed by atoms with E-state index in [4.69, 9.17) is 5.73 Å². The molecule has 0 amide bonds. The number of aromatic amines is 1. The molecule has 0 radical (unpaired) electrons. The summed E-state index contributed by atoms with van der Waals surface area (Å²) < 4.78 is 0. The van der Waals surface area contributed by atoms with E-state index in [0.29, 0.717) is 6.54 Å². The molecule has 0 atom stereocenters. The normalized spacial score (nSPS) is 11.0. The lowest BCUT2D eigenvalue weighted by Crippen LogP contribution is -1.92. The molecule has 0 spiro atoms. The Morgan fingerprint density at radius 3 is 3.10 bits per heavy atom. The van der Waals surface area contributed by atoms with Gasteiger partial charge in [-0.05, 0) is 13.0 Å². The number of aryl methyl sites for hydroxylation is 1. The number of imidazole rings is 1. The fourth-order valence-corrected chi connectivity index (χ4v) is 0.717. The molecule has 1 aromatic rings. The summed E-state index contributed by atoms with van der Waals surface area (Å²) in [4.78, 5) is 7.03. The molecule has 1 heterocycles. The molecule has 0 aliphatic carbocycles. The molecule has 0 saturated heterocycles. The lowest BCUT2D eigenvalue weighted by molar-refractivity contribution is 1.25. The van der Waals surface area contributed by atoms with Gasteiger partial charge in [-0.15, -0.1) is 0 Å². The van der Waals surface area contributed by atoms with E-state index < -0.39 is 0 Å². The number of hydrogen-bond acceptors (Lipinski definition) is 2. The number of nitrogens with one attached hydrogen (secondary N) is 1. The Balaban J connectivity index is 2.74. The molecule has 0 aliphatic rings. The van der Waals surface area contributed by atoms with E-state index in [0.717, 1.165) is 11.4 Å². The van der Waals surface area contributed by atoms with E-state index in [9.17, 15) is 0 Å². The Labute approximate surface area is 60.0 Å². The molecule has 0 unspecified atom stereocenters. The van der Waals surface area contributed by atoms with Gasteiger partial charge in [-0.1, -0.05) is 6.08 Å². The summed E-state index contributed by atoms with van der Waals surface area (Å²) in [6.45, 7) is 2.54. The molecular weight excluding hydrogens is 126 g/mol. The first-order valence-corrected chi connectivity index (χ1v) is 3.21. The second kappa shape index (κ2) is 3.17. The molecule has 3 N–H and O–H groups in total. The zero-order chi connectivity index (χ0) is 7.40. The standard InChI is InChI=1S/C7H11N3/c1-6-7(3-2-4-8)10-5-9-6/h2-3,5H,4,8H2,1H3,(H,9,10). The summed E-state index contributed by atoms with van der Waals surface area (Å²) in [6, 6.07) is 0. The van der Waals surface area contributed by atoms with Crippen molar-refractivity contribution in [2.45, 2.75) is 6.92 Å². The van der Waals surface area contributed by atoms with Crippen molar-refractivity contribution in [2.24, 2.45) is 5.73 Å². The van der Waals surface area contributed by atoms with Gasteiger partial charge in [0.25, 0.3) is 0 Å². The third-order valence-corrected chi connectivity index (χ3v) is 1.28. The minimum Gasteiger partial charge on any atom is -0.348 e. The topological polar surface area (TPSA) is 54.7 Å². The van der Waals surface area contributed by atoms with Gasteiger partial charge in [-0.2, -0.15) is 0 Å². The molecule has 1 aromatic heterocycles. The fraction of sp³-hybridized carbons (Fsp3) is 0.286. The van der Waals surface area contributed by atoms with Crippen molar-refractivity contribution < 1.29 is 0 Å². The molecule has 10 heavy (non-hydrogen) atoms. The van der Waals surface area contributed by atoms with Gasteiger partial charge in [0.05, 0.1) is 12.0 Å². The van der Waals surface area contributed by atoms with Gasteiger partial charge in [0.1, 0.15) is 0 Å². The van der Waals surface area contributed by atoms with Gasteiger partial charge in [-0.3, -0.25) is 0 Å². The van der Waals surface area contributed by atoms with Crippen molar-refractivity contribution in [2.75, 3.05) is 6.54 Å². The van der Waals surface area contributed by atoms with Crippen LogP contribution >= 0.6 is 0 Å². The first-order valence-electron chi connectivity index (χ1n) is 3.21. The van der Waals surface area contributed by atoms with Crippen LogP contribution in [0.4, 0.5) is 0 Å². The number of rotatable bonds is 2. The molecule has 1 rings (SSSR count). The summed E-state index contributed by atoms with van der Waals surface area (Å²) in [7, 11) is 0. The molecule has 0 bridgehead atoms. The highest BCUT2D eigenvalue weighted by Crippen LogP contribution is 2.01. The lowest BCUT2D eigenvalue weighted by atomic mass is 10.3. The minimum atomic E-state index is 0.562. The third kappa shape index (κ3) is 1.45. The van der Waals surface area contributed by atoms with Crippen LogP contribution in [0.5, 0.6) is 0 Å². The van der Waals surface area contributed by atoms with Gasteiger partial charge in [0.15, 0.2) is 0 Å². The number of nitrogens with two attached hydrogens (primary N) is 1. The van der Waals surface area contributed by atoms with E-state index in [1.165, 1.54) is 0 Å². The van der Waals surface area contributed by atoms with Crippen LogP contribution in [-0.2, 0) is 0 Å². The monoisotopic (exact) mass is 137 g/mol. The summed E-state index contributed by atoms with van der Waals surface area (Å²) in [6.07, 6.45) is 5.46. The van der Waals surface area contributed by atoms with Gasteiger partial charge in [-0.25, -0.2) is 4.98 Å². The Morgan fingerprint density at radius 2 is 2.60 bits per heavy atom. The van der Waals surface area contributed by atoms with E-state index >= 15 is 0 Å². The maximum atomic E-state index is 5.27. The van der Waals surface area contributed by atoms with Gasteiger partial charge < -0.3 is 10.7 Å². The van der Waals surface area contributed by atoms with Crippen LogP contribution in [0, 0.1) is 6.92 Å². The Kier molecular flexibility index (Phi) is 2.23. The summed E-state index contributed by atoms with van der Waals surface area (Å²) in [5, 5.41) is 0. The van der Waals surface area contributed by atoms with Crippen LogP contribution in [0.15, 0.2) is 12.4 Å². The lowest BCUT2D eigenvalue weighted by Gasteiger charge is -1.85. The highest BCUT2D eigenvalue weighted by molar-refractivity contribution is 5.46. The average molecular weight is 137 g/mol. The number of hydrogen-bond donors (Lipinski definition) is 2. The Bertz CT molecular complexity index is 225. The second-order valence-corrected chi connectivity index (χ2v) is 2.05. The Morgan fingerprint density at radius 1 is 1.80 bits per heavy atom. The van der Waals surface area contributed by atoms with Gasteiger partial charge >= 0.3 is 0 Å². The predicted octanol–water partition coefficient (Wildman–Crippen LogP) is 0.690. The van der Waals surface area contributed by atoms with Crippen LogP contribution in [0.3, 0.4) is 0 Å². The van der Waals surface area contributed by atoms with Crippen LogP contribution < -0.4 is 5.73 Å². The molecule has 3 nitrogen and oxygen atoms in total. The summed E-state index contributed by atoms with van der Waals surface area (Å²) in [5.41, 5.74) is 7.31. The smallest absolute Gasteiger partial charge is 0.0929 e. The SMILES string of the molecule is Cc1[nH]cnc1C=CCN. The van der Waals surface area contributed by atoms with Crippen LogP contribution in [-0.4, -0.2) is 16.5 Å². The molecule has 3 heteroatoms. The van der Waals surface area contributed by atoms with E-state index in [1.807, 2.05) is 19.1 Å². The molecule has 0 aromatic carbocycles. The second-order valence-electron chi connectivity index (χ2n) is 2.05. The van der Waals surface area contributed by atoms with Crippen molar-refractivity contribution in [3.63, 3.8) is 0 Å². The largest absolute Gasteiger partial charge is 0.348 e. The van der Waals surface area contributed by atoms with E-state index in [-0.39, 0.29) is 0 Å². The first kappa shape index (κ1) is 7.02. The Hall–Kier alpha value is -1.09. The average Bonchev–Trinajstić information content (AvgIpc) is 2.31. The highest BCUT2D eigenvalue weighted by atomic mass is 14.9. The highest BCUT2D eigenvalue weighted by Gasteiger charge is 1.92. The zero-order valence-electron chi connectivity index (χ0n) is 5.96. The quantitative estimate of drug-likeness (QED) is 0.630. The minimum absolute atomic E-state index is 0.562. The fourth-order valence-electron chi connectivity index (χ4n) is 0.717. The van der Waals surface area contributed by atoms with Crippen molar-refractivity contribution in [1.82, 2.24) is 9.97 Å². The molecular formula is C7H11N3. The number of nitrogens with zero attached hydrogens (tertiary/aromatic N) is 1. The maximum absolute atomic E-state index is 5.27. The molecule has 54 valence electrons. The van der Waals surface area contributed by atoms with Crippen molar-refractivity contribution in [1.29, 1.82) is 0 Å². The van der Waals surface area contributed by atoms with E-state index in [2.05, 4.69) is 9.97 Å². The molecule has 0 fully saturated rings. The molecule has 0 aliphatic heterocycles. The van der Waals surface area contributed by atoms with E-state index in [1.54, 1.807) is 6.33 Å². The maximum Gasteiger partial charge on any atom is 0.0929 e. The van der Waals surface area contributed by atoms with Crippen molar-refractivity contribution >= 4 is 6.08 Å².